The Hall–Kier alpha value is -2.16. The number of benzene rings is 2. The molecule has 1 saturated heterocycles. The van der Waals surface area contributed by atoms with Gasteiger partial charge in [-0.05, 0) is 24.3 Å². The van der Waals surface area contributed by atoms with Crippen LogP contribution < -0.4 is 9.47 Å². The number of hydrogen-bond acceptors (Lipinski definition) is 6. The summed E-state index contributed by atoms with van der Waals surface area (Å²) in [6.45, 7) is -0.443. The first-order valence-electron chi connectivity index (χ1n) is 7.62. The minimum atomic E-state index is -1.52. The molecule has 0 radical (unpaired) electrons. The first-order chi connectivity index (χ1) is 11.6. The maximum Gasteiger partial charge on any atom is 0.235 e. The van der Waals surface area contributed by atoms with Crippen molar-refractivity contribution in [1.82, 2.24) is 4.90 Å². The molecule has 2 aromatic rings. The Labute approximate surface area is 140 Å². The van der Waals surface area contributed by atoms with Crippen LogP contribution in [0.25, 0.3) is 0 Å². The lowest BCUT2D eigenvalue weighted by Gasteiger charge is -2.39. The predicted octanol–water partition coefficient (Wildman–Crippen LogP) is 1.28. The highest BCUT2D eigenvalue weighted by Crippen LogP contribution is 2.26. The number of hydroxylamine groups is 3. The van der Waals surface area contributed by atoms with E-state index in [1.54, 1.807) is 36.4 Å². The van der Waals surface area contributed by atoms with E-state index in [1.807, 2.05) is 24.3 Å². The zero-order chi connectivity index (χ0) is 17.0. The third-order valence-corrected chi connectivity index (χ3v) is 3.88. The molecule has 3 rings (SSSR count). The van der Waals surface area contributed by atoms with Crippen LogP contribution in [0.5, 0.6) is 11.5 Å². The van der Waals surface area contributed by atoms with E-state index in [0.717, 1.165) is 0 Å². The molecule has 1 fully saturated rings. The van der Waals surface area contributed by atoms with Gasteiger partial charge >= 0.3 is 0 Å². The van der Waals surface area contributed by atoms with Gasteiger partial charge in [0.05, 0.1) is 0 Å². The quantitative estimate of drug-likeness (QED) is 0.612. The van der Waals surface area contributed by atoms with Crippen LogP contribution in [-0.4, -0.2) is 52.3 Å². The van der Waals surface area contributed by atoms with E-state index in [9.17, 15) is 15.4 Å². The topological polar surface area (TPSA) is 85.2 Å². The van der Waals surface area contributed by atoms with Gasteiger partial charge in [-0.3, -0.25) is 4.65 Å². The van der Waals surface area contributed by atoms with Crippen molar-refractivity contribution < 1.29 is 24.3 Å². The normalized spacial score (nSPS) is 27.1. The Balaban J connectivity index is 1.59. The molecule has 3 unspecified atom stereocenters. The van der Waals surface area contributed by atoms with Gasteiger partial charge in [-0.1, -0.05) is 36.4 Å². The Kier molecular flexibility index (Phi) is 4.98. The van der Waals surface area contributed by atoms with E-state index >= 15 is 0 Å². The average Bonchev–Trinajstić information content (AvgIpc) is 2.84. The zero-order valence-corrected chi connectivity index (χ0v) is 13.1. The van der Waals surface area contributed by atoms with Gasteiger partial charge < -0.3 is 24.9 Å². The molecule has 1 aliphatic rings. The molecule has 0 bridgehead atoms. The number of aliphatic hydroxyl groups excluding tert-OH is 2. The van der Waals surface area contributed by atoms with Gasteiger partial charge in [-0.15, -0.1) is 0 Å². The molecule has 1 heterocycles. The van der Waals surface area contributed by atoms with Gasteiger partial charge in [0.2, 0.25) is 13.0 Å². The van der Waals surface area contributed by atoms with Gasteiger partial charge in [-0.2, -0.15) is 4.90 Å². The lowest BCUT2D eigenvalue weighted by atomic mass is 10.3. The molecule has 1 aliphatic heterocycles. The highest BCUT2D eigenvalue weighted by molar-refractivity contribution is 5.21. The summed E-state index contributed by atoms with van der Waals surface area (Å²) in [6, 6.07) is 17.9. The average molecular weight is 332 g/mol. The van der Waals surface area contributed by atoms with Gasteiger partial charge in [0.1, 0.15) is 24.9 Å². The van der Waals surface area contributed by atoms with E-state index in [-0.39, 0.29) is 20.1 Å². The molecular weight excluding hydrogens is 312 g/mol. The van der Waals surface area contributed by atoms with Crippen LogP contribution in [0.3, 0.4) is 0 Å². The van der Waals surface area contributed by atoms with Crippen molar-refractivity contribution in [3.8, 4) is 11.5 Å². The summed E-state index contributed by atoms with van der Waals surface area (Å²) in [4.78, 5) is 1.37. The summed E-state index contributed by atoms with van der Waals surface area (Å²) in [5.41, 5.74) is 0. The SMILES string of the molecule is [O-][N+]1(COc2ccccc2)CN(COc2ccccc2)C(O)C1O. The fraction of sp³-hybridized carbons (Fsp3) is 0.294. The summed E-state index contributed by atoms with van der Waals surface area (Å²) in [7, 11) is 0. The van der Waals surface area contributed by atoms with Crippen LogP contribution in [0.2, 0.25) is 0 Å². The fourth-order valence-electron chi connectivity index (χ4n) is 2.52. The molecular formula is C17H20N2O5. The van der Waals surface area contributed by atoms with Crippen LogP contribution in [0.4, 0.5) is 0 Å². The number of quaternary nitrogens is 1. The Bertz CT molecular complexity index is 642. The standard InChI is InChI=1S/C17H20N2O5/c20-16-17(21)19(22,13-24-15-9-5-2-6-10-15)11-18(16)12-23-14-7-3-1-4-8-14/h1-10,16-17,20-21H,11-13H2. The van der Waals surface area contributed by atoms with Crippen LogP contribution in [0, 0.1) is 5.21 Å². The largest absolute Gasteiger partial charge is 0.627 e. The number of para-hydroxylation sites is 2. The molecule has 7 heteroatoms. The van der Waals surface area contributed by atoms with Gasteiger partial charge in [-0.25, -0.2) is 0 Å². The second-order valence-corrected chi connectivity index (χ2v) is 5.68. The monoisotopic (exact) mass is 332 g/mol. The number of nitrogens with zero attached hydrogens (tertiary/aromatic N) is 2. The van der Waals surface area contributed by atoms with Crippen molar-refractivity contribution in [2.24, 2.45) is 0 Å². The number of ether oxygens (including phenoxy) is 2. The molecule has 2 N–H and O–H groups in total. The van der Waals surface area contributed by atoms with E-state index in [4.69, 9.17) is 9.47 Å². The molecule has 0 aromatic heterocycles. The Morgan fingerprint density at radius 3 is 2.08 bits per heavy atom. The van der Waals surface area contributed by atoms with Gasteiger partial charge in [0.25, 0.3) is 0 Å². The smallest absolute Gasteiger partial charge is 0.235 e. The second-order valence-electron chi connectivity index (χ2n) is 5.68. The van der Waals surface area contributed by atoms with E-state index in [2.05, 4.69) is 0 Å². The first kappa shape index (κ1) is 16.7. The molecule has 2 aromatic carbocycles. The third kappa shape index (κ3) is 3.66. The van der Waals surface area contributed by atoms with E-state index < -0.39 is 17.1 Å². The van der Waals surface area contributed by atoms with Crippen LogP contribution in [0.1, 0.15) is 0 Å². The van der Waals surface area contributed by atoms with Crippen LogP contribution >= 0.6 is 0 Å². The van der Waals surface area contributed by atoms with Crippen molar-refractivity contribution in [2.45, 2.75) is 12.5 Å². The molecule has 0 saturated carbocycles. The van der Waals surface area contributed by atoms with E-state index in [0.29, 0.717) is 11.5 Å². The van der Waals surface area contributed by atoms with Gasteiger partial charge in [0.15, 0.2) is 6.23 Å². The molecule has 7 nitrogen and oxygen atoms in total. The first-order valence-corrected chi connectivity index (χ1v) is 7.62. The molecule has 3 atom stereocenters. The maximum atomic E-state index is 12.7. The Morgan fingerprint density at radius 2 is 1.50 bits per heavy atom. The minimum Gasteiger partial charge on any atom is -0.627 e. The van der Waals surface area contributed by atoms with Crippen molar-refractivity contribution in [2.75, 3.05) is 20.1 Å². The van der Waals surface area contributed by atoms with Crippen molar-refractivity contribution >= 4 is 0 Å². The lowest BCUT2D eigenvalue weighted by Crippen LogP contribution is -2.51. The molecule has 24 heavy (non-hydrogen) atoms. The summed E-state index contributed by atoms with van der Waals surface area (Å²) in [6.07, 6.45) is -2.83. The van der Waals surface area contributed by atoms with E-state index in [1.165, 1.54) is 4.90 Å². The van der Waals surface area contributed by atoms with Gasteiger partial charge in [0, 0.05) is 0 Å². The predicted molar refractivity (Wildman–Crippen MR) is 86.2 cm³/mol. The maximum absolute atomic E-state index is 12.7. The summed E-state index contributed by atoms with van der Waals surface area (Å²) in [5, 5.41) is 32.9. The number of rotatable bonds is 6. The molecule has 0 spiro atoms. The highest BCUT2D eigenvalue weighted by Gasteiger charge is 2.47. The summed E-state index contributed by atoms with van der Waals surface area (Å²) < 4.78 is 9.88. The molecule has 0 aliphatic carbocycles. The van der Waals surface area contributed by atoms with Crippen LogP contribution in [0.15, 0.2) is 60.7 Å². The minimum absolute atomic E-state index is 0.00415. The second kappa shape index (κ2) is 7.16. The molecule has 128 valence electrons. The summed E-state index contributed by atoms with van der Waals surface area (Å²) in [5.74, 6) is 1.15. The highest BCUT2D eigenvalue weighted by atomic mass is 16.7. The third-order valence-electron chi connectivity index (χ3n) is 3.88. The molecule has 0 amide bonds. The van der Waals surface area contributed by atoms with Crippen molar-refractivity contribution in [3.63, 3.8) is 0 Å². The number of aliphatic hydroxyl groups is 2. The Morgan fingerprint density at radius 1 is 0.958 bits per heavy atom. The summed E-state index contributed by atoms with van der Waals surface area (Å²) >= 11 is 0. The lowest BCUT2D eigenvalue weighted by molar-refractivity contribution is -0.933. The van der Waals surface area contributed by atoms with Crippen molar-refractivity contribution in [3.05, 3.63) is 65.9 Å². The van der Waals surface area contributed by atoms with Crippen LogP contribution in [-0.2, 0) is 0 Å². The van der Waals surface area contributed by atoms with Crippen molar-refractivity contribution in [1.29, 1.82) is 0 Å². The fourth-order valence-corrected chi connectivity index (χ4v) is 2.52. The zero-order valence-electron chi connectivity index (χ0n) is 13.1. The number of hydrogen-bond donors (Lipinski definition) is 2.